The summed E-state index contributed by atoms with van der Waals surface area (Å²) in [7, 11) is 0. The molecule has 0 aliphatic carbocycles. The van der Waals surface area contributed by atoms with Crippen LogP contribution in [-0.2, 0) is 11.2 Å². The number of benzene rings is 3. The van der Waals surface area contributed by atoms with Crippen molar-refractivity contribution >= 4 is 16.9 Å². The highest BCUT2D eigenvalue weighted by atomic mass is 16.4. The Labute approximate surface area is 210 Å². The van der Waals surface area contributed by atoms with Crippen LogP contribution >= 0.6 is 0 Å². The Morgan fingerprint density at radius 2 is 1.50 bits per heavy atom. The van der Waals surface area contributed by atoms with Gasteiger partial charge in [-0.15, -0.1) is 0 Å². The number of carbonyl (C=O) groups is 1. The number of amides is 1. The first-order valence-corrected chi connectivity index (χ1v) is 12.3. The molecule has 4 aromatic rings. The van der Waals surface area contributed by atoms with Gasteiger partial charge >= 0.3 is 5.63 Å². The van der Waals surface area contributed by atoms with Crippen LogP contribution in [0.1, 0.15) is 33.9 Å². The van der Waals surface area contributed by atoms with Crippen molar-refractivity contribution in [2.45, 2.75) is 26.3 Å². The molecule has 184 valence electrons. The van der Waals surface area contributed by atoms with Gasteiger partial charge in [0.05, 0.1) is 23.4 Å². The zero-order chi connectivity index (χ0) is 25.2. The average Bonchev–Trinajstić information content (AvgIpc) is 2.88. The summed E-state index contributed by atoms with van der Waals surface area (Å²) in [4.78, 5) is 30.2. The molecule has 0 spiro atoms. The summed E-state index contributed by atoms with van der Waals surface area (Å²) in [5, 5.41) is 10.9. The lowest BCUT2D eigenvalue weighted by Crippen LogP contribution is -2.50. The van der Waals surface area contributed by atoms with Crippen molar-refractivity contribution in [2.24, 2.45) is 0 Å². The highest BCUT2D eigenvalue weighted by molar-refractivity contribution is 5.89. The summed E-state index contributed by atoms with van der Waals surface area (Å²) >= 11 is 0. The van der Waals surface area contributed by atoms with Gasteiger partial charge in [0.1, 0.15) is 11.3 Å². The van der Waals surface area contributed by atoms with Crippen molar-refractivity contribution in [3.63, 3.8) is 0 Å². The molecular formula is C30H30N2O4. The molecule has 1 N–H and O–H groups in total. The lowest BCUT2D eigenvalue weighted by Gasteiger charge is -2.40. The minimum atomic E-state index is -0.523. The first kappa shape index (κ1) is 23.8. The number of piperazine rings is 1. The third kappa shape index (κ3) is 4.64. The Morgan fingerprint density at radius 3 is 2.08 bits per heavy atom. The number of hydrogen-bond acceptors (Lipinski definition) is 5. The summed E-state index contributed by atoms with van der Waals surface area (Å²) < 4.78 is 5.48. The maximum atomic E-state index is 13.2. The molecule has 6 heteroatoms. The lowest BCUT2D eigenvalue weighted by molar-refractivity contribution is -0.132. The van der Waals surface area contributed by atoms with E-state index in [1.54, 1.807) is 19.1 Å². The van der Waals surface area contributed by atoms with Gasteiger partial charge in [0, 0.05) is 26.2 Å². The molecule has 0 atom stereocenters. The Balaban J connectivity index is 1.33. The Bertz CT molecular complexity index is 1400. The van der Waals surface area contributed by atoms with Crippen LogP contribution in [0, 0.1) is 13.8 Å². The molecule has 1 amide bonds. The van der Waals surface area contributed by atoms with E-state index in [0.29, 0.717) is 35.2 Å². The predicted molar refractivity (Wildman–Crippen MR) is 140 cm³/mol. The molecule has 6 nitrogen and oxygen atoms in total. The molecule has 3 aromatic carbocycles. The average molecular weight is 483 g/mol. The first-order chi connectivity index (χ1) is 17.4. The van der Waals surface area contributed by atoms with E-state index in [4.69, 9.17) is 4.42 Å². The Morgan fingerprint density at radius 1 is 0.917 bits per heavy atom. The van der Waals surface area contributed by atoms with E-state index in [0.717, 1.165) is 18.7 Å². The molecule has 36 heavy (non-hydrogen) atoms. The number of fused-ring (bicyclic) bond motifs is 1. The van der Waals surface area contributed by atoms with Crippen LogP contribution in [0.15, 0.2) is 82.0 Å². The van der Waals surface area contributed by atoms with Gasteiger partial charge in [0.15, 0.2) is 0 Å². The summed E-state index contributed by atoms with van der Waals surface area (Å²) in [6.07, 6.45) is -0.0434. The SMILES string of the molecule is Cc1cc(O)c2c(C)c(CC(=O)N3CCN(C(c4ccccc4)c4ccccc4)CC3)c(=O)oc2c1. The predicted octanol–water partition coefficient (Wildman–Crippen LogP) is 4.59. The molecule has 1 fully saturated rings. The molecule has 1 aliphatic heterocycles. The van der Waals surface area contributed by atoms with Gasteiger partial charge in [-0.25, -0.2) is 4.79 Å². The van der Waals surface area contributed by atoms with Crippen molar-refractivity contribution in [2.75, 3.05) is 26.2 Å². The molecule has 0 radical (unpaired) electrons. The largest absolute Gasteiger partial charge is 0.507 e. The number of aryl methyl sites for hydroxylation is 2. The van der Waals surface area contributed by atoms with E-state index < -0.39 is 5.63 Å². The molecule has 0 unspecified atom stereocenters. The van der Waals surface area contributed by atoms with E-state index in [1.165, 1.54) is 11.1 Å². The van der Waals surface area contributed by atoms with Gasteiger partial charge in [0.25, 0.3) is 0 Å². The molecule has 0 saturated carbocycles. The fraction of sp³-hybridized carbons (Fsp3) is 0.267. The summed E-state index contributed by atoms with van der Waals surface area (Å²) in [5.74, 6) is -0.0478. The topological polar surface area (TPSA) is 74.0 Å². The normalized spacial score (nSPS) is 14.5. The lowest BCUT2D eigenvalue weighted by atomic mass is 9.96. The maximum absolute atomic E-state index is 13.2. The zero-order valence-electron chi connectivity index (χ0n) is 20.6. The van der Waals surface area contributed by atoms with E-state index in [1.807, 2.05) is 24.0 Å². The van der Waals surface area contributed by atoms with Gasteiger partial charge in [0.2, 0.25) is 5.91 Å². The van der Waals surface area contributed by atoms with Gasteiger partial charge < -0.3 is 14.4 Å². The molecule has 2 heterocycles. The van der Waals surface area contributed by atoms with Crippen LogP contribution in [0.5, 0.6) is 5.75 Å². The quantitative estimate of drug-likeness (QED) is 0.421. The van der Waals surface area contributed by atoms with E-state index in [2.05, 4.69) is 53.4 Å². The van der Waals surface area contributed by atoms with Gasteiger partial charge in [-0.3, -0.25) is 9.69 Å². The van der Waals surface area contributed by atoms with Crippen molar-refractivity contribution in [1.82, 2.24) is 9.80 Å². The van der Waals surface area contributed by atoms with E-state index in [-0.39, 0.29) is 24.1 Å². The smallest absolute Gasteiger partial charge is 0.340 e. The molecular weight excluding hydrogens is 452 g/mol. The summed E-state index contributed by atoms with van der Waals surface area (Å²) in [6, 6.07) is 24.3. The number of carbonyl (C=O) groups excluding carboxylic acids is 1. The number of rotatable bonds is 5. The van der Waals surface area contributed by atoms with Crippen molar-refractivity contribution in [3.8, 4) is 5.75 Å². The molecule has 5 rings (SSSR count). The van der Waals surface area contributed by atoms with Gasteiger partial charge in [-0.05, 0) is 48.2 Å². The van der Waals surface area contributed by atoms with Crippen LogP contribution in [0.3, 0.4) is 0 Å². The number of phenols is 1. The highest BCUT2D eigenvalue weighted by Gasteiger charge is 2.29. The fourth-order valence-electron chi connectivity index (χ4n) is 5.24. The fourth-order valence-corrected chi connectivity index (χ4v) is 5.24. The third-order valence-corrected chi connectivity index (χ3v) is 7.09. The van der Waals surface area contributed by atoms with Crippen LogP contribution < -0.4 is 5.63 Å². The number of aromatic hydroxyl groups is 1. The zero-order valence-corrected chi connectivity index (χ0v) is 20.6. The van der Waals surface area contributed by atoms with Gasteiger partial charge in [-0.1, -0.05) is 60.7 Å². The number of phenolic OH excluding ortho intramolecular Hbond substituents is 1. The second-order valence-electron chi connectivity index (χ2n) is 9.47. The molecule has 1 aliphatic rings. The molecule has 0 bridgehead atoms. The van der Waals surface area contributed by atoms with Crippen LogP contribution in [0.25, 0.3) is 11.0 Å². The van der Waals surface area contributed by atoms with Gasteiger partial charge in [-0.2, -0.15) is 0 Å². The molecule has 1 aromatic heterocycles. The second kappa shape index (κ2) is 9.99. The van der Waals surface area contributed by atoms with Crippen LogP contribution in [0.4, 0.5) is 0 Å². The van der Waals surface area contributed by atoms with E-state index >= 15 is 0 Å². The third-order valence-electron chi connectivity index (χ3n) is 7.09. The summed E-state index contributed by atoms with van der Waals surface area (Å²) in [5.41, 5.74) is 3.97. The number of nitrogens with zero attached hydrogens (tertiary/aromatic N) is 2. The van der Waals surface area contributed by atoms with Crippen molar-refractivity contribution in [1.29, 1.82) is 0 Å². The Hall–Kier alpha value is -3.90. The monoisotopic (exact) mass is 482 g/mol. The van der Waals surface area contributed by atoms with Crippen LogP contribution in [-0.4, -0.2) is 47.0 Å². The first-order valence-electron chi connectivity index (χ1n) is 12.3. The minimum absolute atomic E-state index is 0.0434. The van der Waals surface area contributed by atoms with E-state index in [9.17, 15) is 14.7 Å². The number of hydrogen-bond donors (Lipinski definition) is 1. The van der Waals surface area contributed by atoms with Crippen LogP contribution in [0.2, 0.25) is 0 Å². The minimum Gasteiger partial charge on any atom is -0.507 e. The second-order valence-corrected chi connectivity index (χ2v) is 9.47. The Kier molecular flexibility index (Phi) is 6.61. The highest BCUT2D eigenvalue weighted by Crippen LogP contribution is 2.31. The van der Waals surface area contributed by atoms with Crippen molar-refractivity contribution in [3.05, 3.63) is 111 Å². The summed E-state index contributed by atoms with van der Waals surface area (Å²) in [6.45, 7) is 6.21. The molecule has 1 saturated heterocycles. The maximum Gasteiger partial charge on any atom is 0.340 e. The standard InChI is InChI=1S/C30H30N2O4/c1-20-17-25(33)28-21(2)24(30(35)36-26(28)18-20)19-27(34)31-13-15-32(16-14-31)29(22-9-5-3-6-10-22)23-11-7-4-8-12-23/h3-12,17-18,29,33H,13-16,19H2,1-2H3. The van der Waals surface area contributed by atoms with Crippen molar-refractivity contribution < 1.29 is 14.3 Å².